The van der Waals surface area contributed by atoms with Crippen molar-refractivity contribution in [2.75, 3.05) is 25.3 Å². The summed E-state index contributed by atoms with van der Waals surface area (Å²) in [5.74, 6) is 1.59. The molecule has 2 aromatic rings. The summed E-state index contributed by atoms with van der Waals surface area (Å²) in [5.41, 5.74) is 9.54. The molecule has 0 aliphatic carbocycles. The SMILES string of the molecule is Cc1cccc(N(C)C(CN)c2ccc3c(c2)OCO3)c1. The minimum Gasteiger partial charge on any atom is -0.454 e. The molecular weight excluding hydrogens is 264 g/mol. The number of hydrogen-bond acceptors (Lipinski definition) is 4. The van der Waals surface area contributed by atoms with E-state index in [9.17, 15) is 0 Å². The van der Waals surface area contributed by atoms with Crippen LogP contribution in [-0.2, 0) is 0 Å². The zero-order chi connectivity index (χ0) is 14.8. The standard InChI is InChI=1S/C17H20N2O2/c1-12-4-3-5-14(8-12)19(2)15(10-18)13-6-7-16-17(9-13)21-11-20-16/h3-9,15H,10-11,18H2,1-2H3. The maximum absolute atomic E-state index is 6.01. The normalized spacial score (nSPS) is 14.0. The number of fused-ring (bicyclic) bond motifs is 1. The molecule has 1 aliphatic heterocycles. The highest BCUT2D eigenvalue weighted by atomic mass is 16.7. The number of anilines is 1. The van der Waals surface area contributed by atoms with Gasteiger partial charge in [-0.05, 0) is 42.3 Å². The molecule has 1 atom stereocenters. The molecule has 0 radical (unpaired) electrons. The Morgan fingerprint density at radius 3 is 2.71 bits per heavy atom. The summed E-state index contributed by atoms with van der Waals surface area (Å²) in [5, 5.41) is 0. The van der Waals surface area contributed by atoms with Crippen LogP contribution in [0, 0.1) is 6.92 Å². The Hall–Kier alpha value is -2.20. The maximum atomic E-state index is 6.01. The molecule has 4 nitrogen and oxygen atoms in total. The van der Waals surface area contributed by atoms with Gasteiger partial charge in [-0.15, -0.1) is 0 Å². The zero-order valence-electron chi connectivity index (χ0n) is 12.4. The van der Waals surface area contributed by atoms with E-state index in [0.717, 1.165) is 22.7 Å². The summed E-state index contributed by atoms with van der Waals surface area (Å²) in [6, 6.07) is 14.5. The molecule has 0 spiro atoms. The molecule has 0 bridgehead atoms. The Bertz CT molecular complexity index is 642. The Morgan fingerprint density at radius 1 is 1.14 bits per heavy atom. The smallest absolute Gasteiger partial charge is 0.231 e. The summed E-state index contributed by atoms with van der Waals surface area (Å²) in [6.45, 7) is 2.92. The van der Waals surface area contributed by atoms with Crippen molar-refractivity contribution in [3.05, 3.63) is 53.6 Å². The van der Waals surface area contributed by atoms with Crippen molar-refractivity contribution in [2.45, 2.75) is 13.0 Å². The number of aryl methyl sites for hydroxylation is 1. The second-order valence-electron chi connectivity index (χ2n) is 5.31. The predicted octanol–water partition coefficient (Wildman–Crippen LogP) is 2.86. The van der Waals surface area contributed by atoms with Gasteiger partial charge in [-0.25, -0.2) is 0 Å². The molecule has 2 aromatic carbocycles. The Labute approximate surface area is 125 Å². The van der Waals surface area contributed by atoms with E-state index in [1.165, 1.54) is 5.56 Å². The van der Waals surface area contributed by atoms with E-state index in [2.05, 4.69) is 49.2 Å². The van der Waals surface area contributed by atoms with Crippen molar-refractivity contribution in [1.29, 1.82) is 0 Å². The molecule has 3 rings (SSSR count). The van der Waals surface area contributed by atoms with Gasteiger partial charge in [0.25, 0.3) is 0 Å². The van der Waals surface area contributed by atoms with Crippen LogP contribution < -0.4 is 20.1 Å². The molecule has 1 aliphatic rings. The number of benzene rings is 2. The average Bonchev–Trinajstić information content (AvgIpc) is 2.95. The summed E-state index contributed by atoms with van der Waals surface area (Å²) >= 11 is 0. The van der Waals surface area contributed by atoms with Crippen LogP contribution in [0.1, 0.15) is 17.2 Å². The van der Waals surface area contributed by atoms with Crippen LogP contribution in [0.5, 0.6) is 11.5 Å². The molecule has 0 saturated carbocycles. The van der Waals surface area contributed by atoms with Crippen LogP contribution in [0.3, 0.4) is 0 Å². The molecule has 1 heterocycles. The zero-order valence-corrected chi connectivity index (χ0v) is 12.4. The fourth-order valence-electron chi connectivity index (χ4n) is 2.67. The lowest BCUT2D eigenvalue weighted by Crippen LogP contribution is -2.30. The van der Waals surface area contributed by atoms with Gasteiger partial charge in [0.2, 0.25) is 6.79 Å². The summed E-state index contributed by atoms with van der Waals surface area (Å²) in [7, 11) is 2.07. The minimum atomic E-state index is 0.0984. The molecule has 1 unspecified atom stereocenters. The molecular formula is C17H20N2O2. The highest BCUT2D eigenvalue weighted by Crippen LogP contribution is 2.36. The predicted molar refractivity (Wildman–Crippen MR) is 83.9 cm³/mol. The van der Waals surface area contributed by atoms with E-state index < -0.39 is 0 Å². The van der Waals surface area contributed by atoms with Gasteiger partial charge in [-0.3, -0.25) is 0 Å². The van der Waals surface area contributed by atoms with Crippen molar-refractivity contribution >= 4 is 5.69 Å². The van der Waals surface area contributed by atoms with E-state index in [1.807, 2.05) is 12.1 Å². The third kappa shape index (κ3) is 2.67. The highest BCUT2D eigenvalue weighted by Gasteiger charge is 2.20. The fourth-order valence-corrected chi connectivity index (χ4v) is 2.67. The number of nitrogens with zero attached hydrogens (tertiary/aromatic N) is 1. The van der Waals surface area contributed by atoms with Crippen molar-refractivity contribution in [1.82, 2.24) is 0 Å². The third-order valence-corrected chi connectivity index (χ3v) is 3.88. The lowest BCUT2D eigenvalue weighted by Gasteiger charge is -2.30. The van der Waals surface area contributed by atoms with Crippen molar-refractivity contribution < 1.29 is 9.47 Å². The quantitative estimate of drug-likeness (QED) is 0.938. The molecule has 2 N–H and O–H groups in total. The third-order valence-electron chi connectivity index (χ3n) is 3.88. The summed E-state index contributed by atoms with van der Waals surface area (Å²) < 4.78 is 10.8. The monoisotopic (exact) mass is 284 g/mol. The van der Waals surface area contributed by atoms with Crippen molar-refractivity contribution in [3.63, 3.8) is 0 Å². The van der Waals surface area contributed by atoms with Crippen LogP contribution in [0.25, 0.3) is 0 Å². The molecule has 110 valence electrons. The van der Waals surface area contributed by atoms with Gasteiger partial charge in [0.15, 0.2) is 11.5 Å². The van der Waals surface area contributed by atoms with E-state index >= 15 is 0 Å². The number of ether oxygens (including phenoxy) is 2. The van der Waals surface area contributed by atoms with E-state index in [-0.39, 0.29) is 6.04 Å². The molecule has 0 aromatic heterocycles. The van der Waals surface area contributed by atoms with Crippen LogP contribution in [0.15, 0.2) is 42.5 Å². The highest BCUT2D eigenvalue weighted by molar-refractivity contribution is 5.52. The molecule has 0 fully saturated rings. The number of nitrogens with two attached hydrogens (primary N) is 1. The summed E-state index contributed by atoms with van der Waals surface area (Å²) in [6.07, 6.45) is 0. The van der Waals surface area contributed by atoms with Gasteiger partial charge in [0, 0.05) is 19.3 Å². The molecule has 0 saturated heterocycles. The second kappa shape index (κ2) is 5.66. The molecule has 4 heteroatoms. The van der Waals surface area contributed by atoms with Gasteiger partial charge in [-0.1, -0.05) is 18.2 Å². The van der Waals surface area contributed by atoms with Gasteiger partial charge >= 0.3 is 0 Å². The first-order valence-corrected chi connectivity index (χ1v) is 7.08. The average molecular weight is 284 g/mol. The van der Waals surface area contributed by atoms with Crippen LogP contribution in [-0.4, -0.2) is 20.4 Å². The first-order valence-electron chi connectivity index (χ1n) is 7.08. The first kappa shape index (κ1) is 13.8. The lowest BCUT2D eigenvalue weighted by atomic mass is 10.0. The van der Waals surface area contributed by atoms with E-state index in [4.69, 9.17) is 15.2 Å². The Balaban J connectivity index is 1.91. The Morgan fingerprint density at radius 2 is 1.95 bits per heavy atom. The summed E-state index contributed by atoms with van der Waals surface area (Å²) in [4.78, 5) is 2.20. The van der Waals surface area contributed by atoms with Gasteiger partial charge in [-0.2, -0.15) is 0 Å². The van der Waals surface area contributed by atoms with E-state index in [1.54, 1.807) is 0 Å². The number of likely N-dealkylation sites (N-methyl/N-ethyl adjacent to an activating group) is 1. The largest absolute Gasteiger partial charge is 0.454 e. The van der Waals surface area contributed by atoms with Crippen LogP contribution >= 0.6 is 0 Å². The van der Waals surface area contributed by atoms with Gasteiger partial charge in [0.1, 0.15) is 0 Å². The number of rotatable bonds is 4. The van der Waals surface area contributed by atoms with Gasteiger partial charge in [0.05, 0.1) is 6.04 Å². The van der Waals surface area contributed by atoms with Crippen molar-refractivity contribution in [3.8, 4) is 11.5 Å². The maximum Gasteiger partial charge on any atom is 0.231 e. The second-order valence-corrected chi connectivity index (χ2v) is 5.31. The minimum absolute atomic E-state index is 0.0984. The van der Waals surface area contributed by atoms with Gasteiger partial charge < -0.3 is 20.1 Å². The molecule has 21 heavy (non-hydrogen) atoms. The molecule has 0 amide bonds. The van der Waals surface area contributed by atoms with Crippen LogP contribution in [0.4, 0.5) is 5.69 Å². The van der Waals surface area contributed by atoms with Crippen molar-refractivity contribution in [2.24, 2.45) is 5.73 Å². The first-order chi connectivity index (χ1) is 10.2. The topological polar surface area (TPSA) is 47.7 Å². The Kier molecular flexibility index (Phi) is 3.71. The lowest BCUT2D eigenvalue weighted by molar-refractivity contribution is 0.174. The van der Waals surface area contributed by atoms with E-state index in [0.29, 0.717) is 13.3 Å². The number of hydrogen-bond donors (Lipinski definition) is 1. The fraction of sp³-hybridized carbons (Fsp3) is 0.294. The van der Waals surface area contributed by atoms with Crippen LogP contribution in [0.2, 0.25) is 0 Å².